The van der Waals surface area contributed by atoms with Crippen molar-refractivity contribution in [3.05, 3.63) is 11.9 Å². The van der Waals surface area contributed by atoms with Gasteiger partial charge in [-0.15, -0.1) is 5.10 Å². The van der Waals surface area contributed by atoms with Crippen LogP contribution in [0.4, 0.5) is 5.13 Å². The van der Waals surface area contributed by atoms with Gasteiger partial charge in [-0.3, -0.25) is 4.90 Å². The van der Waals surface area contributed by atoms with E-state index in [1.165, 1.54) is 0 Å². The van der Waals surface area contributed by atoms with Crippen LogP contribution in [0.5, 0.6) is 0 Å². The molecule has 2 aliphatic rings. The van der Waals surface area contributed by atoms with Crippen molar-refractivity contribution in [2.24, 2.45) is 5.92 Å². The van der Waals surface area contributed by atoms with Crippen LogP contribution in [0.15, 0.2) is 6.20 Å². The summed E-state index contributed by atoms with van der Waals surface area (Å²) in [6.07, 6.45) is 3.10. The van der Waals surface area contributed by atoms with Gasteiger partial charge in [-0.05, 0) is 13.3 Å². The van der Waals surface area contributed by atoms with Gasteiger partial charge < -0.3 is 14.8 Å². The lowest BCUT2D eigenvalue weighted by atomic mass is 9.97. The third-order valence-electron chi connectivity index (χ3n) is 4.65. The molecule has 0 spiro atoms. The Morgan fingerprint density at radius 1 is 1.35 bits per heavy atom. The van der Waals surface area contributed by atoms with E-state index in [1.807, 2.05) is 17.6 Å². The van der Waals surface area contributed by atoms with Gasteiger partial charge in [0.2, 0.25) is 10.1 Å². The van der Waals surface area contributed by atoms with Crippen molar-refractivity contribution in [3.8, 4) is 0 Å². The molecule has 1 N–H and O–H groups in total. The van der Waals surface area contributed by atoms with Crippen molar-refractivity contribution < 1.29 is 9.47 Å². The zero-order valence-corrected chi connectivity index (χ0v) is 14.2. The standard InChI is InChI=1S/C15H23N5O2S/c1-11-9-20-15(17-11)23-14(18-20)16-8-13(12-2-5-22-10-12)19-3-6-21-7-4-19/h9,12-13H,2-8,10H2,1H3,(H,16,18). The summed E-state index contributed by atoms with van der Waals surface area (Å²) in [7, 11) is 0. The number of aromatic nitrogens is 3. The van der Waals surface area contributed by atoms with E-state index in [9.17, 15) is 0 Å². The first-order chi connectivity index (χ1) is 11.3. The molecule has 0 aliphatic carbocycles. The van der Waals surface area contributed by atoms with Crippen LogP contribution in [0.3, 0.4) is 0 Å². The molecule has 0 aromatic carbocycles. The second-order valence-electron chi connectivity index (χ2n) is 6.24. The number of nitrogens with zero attached hydrogens (tertiary/aromatic N) is 4. The van der Waals surface area contributed by atoms with E-state index in [0.717, 1.165) is 68.3 Å². The quantitative estimate of drug-likeness (QED) is 0.886. The number of hydrogen-bond donors (Lipinski definition) is 1. The van der Waals surface area contributed by atoms with Gasteiger partial charge in [0.15, 0.2) is 0 Å². The Bertz CT molecular complexity index is 614. The van der Waals surface area contributed by atoms with E-state index in [0.29, 0.717) is 12.0 Å². The monoisotopic (exact) mass is 337 g/mol. The second-order valence-corrected chi connectivity index (χ2v) is 7.19. The molecule has 2 aromatic rings. The highest BCUT2D eigenvalue weighted by molar-refractivity contribution is 7.20. The lowest BCUT2D eigenvalue weighted by molar-refractivity contribution is 0.00461. The summed E-state index contributed by atoms with van der Waals surface area (Å²) >= 11 is 1.60. The molecule has 23 heavy (non-hydrogen) atoms. The summed E-state index contributed by atoms with van der Waals surface area (Å²) in [5, 5.41) is 9.02. The minimum Gasteiger partial charge on any atom is -0.381 e. The Balaban J connectivity index is 1.44. The van der Waals surface area contributed by atoms with Crippen LogP contribution in [0.1, 0.15) is 12.1 Å². The van der Waals surface area contributed by atoms with Gasteiger partial charge in [-0.25, -0.2) is 9.50 Å². The van der Waals surface area contributed by atoms with Crippen LogP contribution in [0.2, 0.25) is 0 Å². The Hall–Kier alpha value is -1.22. The van der Waals surface area contributed by atoms with Gasteiger partial charge in [0.05, 0.1) is 31.7 Å². The topological polar surface area (TPSA) is 63.9 Å². The number of fused-ring (bicyclic) bond motifs is 1. The van der Waals surface area contributed by atoms with Crippen molar-refractivity contribution in [2.75, 3.05) is 51.4 Å². The van der Waals surface area contributed by atoms with E-state index in [4.69, 9.17) is 9.47 Å². The van der Waals surface area contributed by atoms with E-state index in [-0.39, 0.29) is 0 Å². The Kier molecular flexibility index (Phi) is 4.48. The molecule has 0 saturated carbocycles. The van der Waals surface area contributed by atoms with Crippen molar-refractivity contribution >= 4 is 21.4 Å². The molecule has 4 rings (SSSR count). The molecule has 8 heteroatoms. The largest absolute Gasteiger partial charge is 0.381 e. The Morgan fingerprint density at radius 2 is 2.22 bits per heavy atom. The number of anilines is 1. The maximum Gasteiger partial charge on any atom is 0.214 e. The van der Waals surface area contributed by atoms with Crippen LogP contribution in [-0.4, -0.2) is 71.6 Å². The van der Waals surface area contributed by atoms with E-state index >= 15 is 0 Å². The molecule has 126 valence electrons. The molecule has 2 unspecified atom stereocenters. The van der Waals surface area contributed by atoms with Gasteiger partial charge in [-0.1, -0.05) is 11.3 Å². The molecule has 0 amide bonds. The fraction of sp³-hybridized carbons (Fsp3) is 0.733. The minimum atomic E-state index is 0.472. The summed E-state index contributed by atoms with van der Waals surface area (Å²) in [6.45, 7) is 8.29. The highest BCUT2D eigenvalue weighted by atomic mass is 32.1. The van der Waals surface area contributed by atoms with Crippen molar-refractivity contribution in [3.63, 3.8) is 0 Å². The van der Waals surface area contributed by atoms with Crippen LogP contribution >= 0.6 is 11.3 Å². The van der Waals surface area contributed by atoms with Gasteiger partial charge in [0, 0.05) is 38.2 Å². The lowest BCUT2D eigenvalue weighted by Gasteiger charge is -2.37. The average molecular weight is 337 g/mol. The molecule has 2 saturated heterocycles. The number of nitrogens with one attached hydrogen (secondary N) is 1. The molecule has 2 aliphatic heterocycles. The molecular weight excluding hydrogens is 314 g/mol. The Morgan fingerprint density at radius 3 is 2.96 bits per heavy atom. The zero-order valence-electron chi connectivity index (χ0n) is 13.4. The summed E-state index contributed by atoms with van der Waals surface area (Å²) in [5.41, 5.74) is 1.00. The van der Waals surface area contributed by atoms with Crippen molar-refractivity contribution in [1.29, 1.82) is 0 Å². The van der Waals surface area contributed by atoms with Crippen LogP contribution < -0.4 is 5.32 Å². The predicted molar refractivity (Wildman–Crippen MR) is 89.2 cm³/mol. The second kappa shape index (κ2) is 6.72. The predicted octanol–water partition coefficient (Wildman–Crippen LogP) is 1.25. The molecule has 2 aromatic heterocycles. The van der Waals surface area contributed by atoms with Gasteiger partial charge in [-0.2, -0.15) is 0 Å². The van der Waals surface area contributed by atoms with Gasteiger partial charge in [0.1, 0.15) is 0 Å². The fourth-order valence-electron chi connectivity index (χ4n) is 3.43. The van der Waals surface area contributed by atoms with E-state index in [1.54, 1.807) is 11.3 Å². The number of imidazole rings is 1. The summed E-state index contributed by atoms with van der Waals surface area (Å²) in [5.74, 6) is 0.590. The summed E-state index contributed by atoms with van der Waals surface area (Å²) in [4.78, 5) is 7.94. The average Bonchev–Trinajstić information content (AvgIpc) is 3.25. The molecule has 0 radical (unpaired) electrons. The van der Waals surface area contributed by atoms with E-state index < -0.39 is 0 Å². The highest BCUT2D eigenvalue weighted by Crippen LogP contribution is 2.24. The van der Waals surface area contributed by atoms with Crippen LogP contribution in [-0.2, 0) is 9.47 Å². The number of hydrogen-bond acceptors (Lipinski definition) is 7. The molecule has 2 atom stereocenters. The van der Waals surface area contributed by atoms with Crippen LogP contribution in [0, 0.1) is 12.8 Å². The molecular formula is C15H23N5O2S. The lowest BCUT2D eigenvalue weighted by Crippen LogP contribution is -2.50. The number of ether oxygens (including phenoxy) is 2. The first kappa shape index (κ1) is 15.3. The third-order valence-corrected chi connectivity index (χ3v) is 5.53. The molecule has 4 heterocycles. The highest BCUT2D eigenvalue weighted by Gasteiger charge is 2.31. The normalized spacial score (nSPS) is 24.3. The van der Waals surface area contributed by atoms with Crippen molar-refractivity contribution in [2.45, 2.75) is 19.4 Å². The summed E-state index contributed by atoms with van der Waals surface area (Å²) < 4.78 is 13.0. The fourth-order valence-corrected chi connectivity index (χ4v) is 4.27. The number of rotatable bonds is 5. The number of morpholine rings is 1. The SMILES string of the molecule is Cc1cn2nc(NCC(C3CCOC3)N3CCOCC3)sc2n1. The van der Waals surface area contributed by atoms with Crippen LogP contribution in [0.25, 0.3) is 4.96 Å². The first-order valence-corrected chi connectivity index (χ1v) is 9.07. The molecule has 2 fully saturated rings. The maximum atomic E-state index is 5.62. The zero-order chi connectivity index (χ0) is 15.6. The third kappa shape index (κ3) is 3.35. The van der Waals surface area contributed by atoms with Gasteiger partial charge >= 0.3 is 0 Å². The molecule has 0 bridgehead atoms. The smallest absolute Gasteiger partial charge is 0.214 e. The van der Waals surface area contributed by atoms with Gasteiger partial charge in [0.25, 0.3) is 0 Å². The Labute approximate surface area is 139 Å². The van der Waals surface area contributed by atoms with E-state index in [2.05, 4.69) is 20.3 Å². The maximum absolute atomic E-state index is 5.62. The number of aryl methyl sites for hydroxylation is 1. The molecule has 7 nitrogen and oxygen atoms in total. The minimum absolute atomic E-state index is 0.472. The summed E-state index contributed by atoms with van der Waals surface area (Å²) in [6, 6.07) is 0.472. The van der Waals surface area contributed by atoms with Crippen molar-refractivity contribution in [1.82, 2.24) is 19.5 Å². The first-order valence-electron chi connectivity index (χ1n) is 8.26.